The molecule has 0 aliphatic rings. The second-order valence-electron chi connectivity index (χ2n) is 3.21. The minimum Gasteiger partial charge on any atom is -0.331 e. The summed E-state index contributed by atoms with van der Waals surface area (Å²) in [5, 5.41) is -0.195. The molecule has 1 N–H and O–H groups in total. The minimum absolute atomic E-state index is 0. The van der Waals surface area contributed by atoms with E-state index >= 15 is 0 Å². The second kappa shape index (κ2) is 6.58. The molecule has 0 aliphatic heterocycles. The fraction of sp³-hybridized carbons (Fsp3) is 0.333. The third-order valence-corrected chi connectivity index (χ3v) is 3.18. The van der Waals surface area contributed by atoms with Crippen LogP contribution in [-0.2, 0) is 16.8 Å². The molecule has 0 atom stereocenters. The van der Waals surface area contributed by atoms with E-state index in [1.807, 2.05) is 0 Å². The Hall–Kier alpha value is -0.800. The van der Waals surface area contributed by atoms with Gasteiger partial charge >= 0.3 is 11.3 Å². The number of alkyl halides is 3. The van der Waals surface area contributed by atoms with Gasteiger partial charge in [0.1, 0.15) is 0 Å². The van der Waals surface area contributed by atoms with Crippen molar-refractivity contribution in [3.63, 3.8) is 0 Å². The molecule has 0 unspecified atom stereocenters. The molecule has 0 aromatic carbocycles. The summed E-state index contributed by atoms with van der Waals surface area (Å²) in [5.41, 5.74) is 2.66. The molecular formula is C9H9Cl2F2N3O2S. The van der Waals surface area contributed by atoms with Crippen LogP contribution in [0.25, 0.3) is 10.7 Å². The Morgan fingerprint density at radius 2 is 2.26 bits per heavy atom. The fourth-order valence-corrected chi connectivity index (χ4v) is 2.11. The summed E-state index contributed by atoms with van der Waals surface area (Å²) in [5.74, 6) is -0.830. The third-order valence-electron chi connectivity index (χ3n) is 1.94. The number of hydrogen-bond acceptors (Lipinski definition) is 6. The van der Waals surface area contributed by atoms with Crippen LogP contribution in [0.3, 0.4) is 0 Å². The molecule has 0 saturated carbocycles. The van der Waals surface area contributed by atoms with E-state index in [4.69, 9.17) is 16.4 Å². The summed E-state index contributed by atoms with van der Waals surface area (Å²) in [7, 11) is 1.50. The third kappa shape index (κ3) is 4.08. The lowest BCUT2D eigenvalue weighted by atomic mass is 10.4. The van der Waals surface area contributed by atoms with Gasteiger partial charge in [-0.15, -0.1) is 23.7 Å². The molecule has 2 rings (SSSR count). The summed E-state index contributed by atoms with van der Waals surface area (Å²) in [4.78, 5) is 9.79. The first-order valence-corrected chi connectivity index (χ1v) is 5.96. The Bertz CT molecular complexity index is 530. The molecule has 2 heterocycles. The van der Waals surface area contributed by atoms with E-state index < -0.39 is 11.3 Å². The normalized spacial score (nSPS) is 11.4. The monoisotopic (exact) mass is 331 g/mol. The van der Waals surface area contributed by atoms with Crippen LogP contribution in [0, 0.1) is 0 Å². The largest absolute Gasteiger partial charge is 0.400 e. The minimum atomic E-state index is -3.65. The van der Waals surface area contributed by atoms with Crippen LogP contribution in [-0.4, -0.2) is 17.3 Å². The van der Waals surface area contributed by atoms with Crippen molar-refractivity contribution in [3.05, 3.63) is 22.9 Å². The highest BCUT2D eigenvalue weighted by molar-refractivity contribution is 7.15. The first-order valence-electron chi connectivity index (χ1n) is 4.76. The maximum atomic E-state index is 12.7. The van der Waals surface area contributed by atoms with Crippen molar-refractivity contribution in [2.45, 2.75) is 11.9 Å². The number of aromatic nitrogens is 2. The number of nitrogens with zero attached hydrogens (tertiary/aromatic N) is 2. The van der Waals surface area contributed by atoms with Gasteiger partial charge in [0.25, 0.3) is 0 Å². The van der Waals surface area contributed by atoms with Crippen LogP contribution >= 0.6 is 35.3 Å². The molecule has 106 valence electrons. The van der Waals surface area contributed by atoms with E-state index in [0.29, 0.717) is 11.4 Å². The zero-order valence-electron chi connectivity index (χ0n) is 9.52. The van der Waals surface area contributed by atoms with Crippen molar-refractivity contribution >= 4 is 35.3 Å². The summed E-state index contributed by atoms with van der Waals surface area (Å²) < 4.78 is 29.8. The predicted octanol–water partition coefficient (Wildman–Crippen LogP) is 3.16. The molecule has 5 nitrogen and oxygen atoms in total. The van der Waals surface area contributed by atoms with E-state index in [2.05, 4.69) is 20.1 Å². The lowest BCUT2D eigenvalue weighted by Gasteiger charge is -1.97. The van der Waals surface area contributed by atoms with Crippen molar-refractivity contribution < 1.29 is 18.1 Å². The van der Waals surface area contributed by atoms with Gasteiger partial charge in [0.15, 0.2) is 0 Å². The molecule has 10 heteroatoms. The summed E-state index contributed by atoms with van der Waals surface area (Å²) in [6.45, 7) is 0.498. The maximum Gasteiger partial charge on any atom is 0.400 e. The fourth-order valence-electron chi connectivity index (χ4n) is 1.18. The molecule has 0 saturated heterocycles. The van der Waals surface area contributed by atoms with Gasteiger partial charge in [0.05, 0.1) is 18.5 Å². The summed E-state index contributed by atoms with van der Waals surface area (Å²) in [6, 6.07) is 3.51. The van der Waals surface area contributed by atoms with Gasteiger partial charge in [-0.1, -0.05) is 5.16 Å². The second-order valence-corrected chi connectivity index (χ2v) is 4.86. The van der Waals surface area contributed by atoms with Gasteiger partial charge in [-0.05, 0) is 23.7 Å². The number of hydrogen-bond donors (Lipinski definition) is 1. The van der Waals surface area contributed by atoms with Gasteiger partial charge < -0.3 is 9.36 Å². The Kier molecular flexibility index (Phi) is 5.63. The molecule has 0 spiro atoms. The number of thiophene rings is 1. The van der Waals surface area contributed by atoms with E-state index in [1.165, 1.54) is 18.4 Å². The SMILES string of the molecule is CONCc1ccc(-c2noc(C(F)(F)Cl)n2)s1.Cl. The average Bonchev–Trinajstić information content (AvgIpc) is 2.93. The van der Waals surface area contributed by atoms with Crippen molar-refractivity contribution in [1.29, 1.82) is 0 Å². The Balaban J connectivity index is 0.00000180. The average molecular weight is 332 g/mol. The highest BCUT2D eigenvalue weighted by Gasteiger charge is 2.35. The first kappa shape index (κ1) is 16.3. The van der Waals surface area contributed by atoms with E-state index in [1.54, 1.807) is 12.1 Å². The number of halogens is 4. The highest BCUT2D eigenvalue weighted by atomic mass is 35.5. The van der Waals surface area contributed by atoms with Crippen LogP contribution in [0.15, 0.2) is 16.7 Å². The van der Waals surface area contributed by atoms with Gasteiger partial charge in [-0.2, -0.15) is 19.2 Å². The lowest BCUT2D eigenvalue weighted by Crippen LogP contribution is -2.09. The molecule has 0 radical (unpaired) electrons. The molecule has 0 bridgehead atoms. The van der Waals surface area contributed by atoms with Crippen LogP contribution in [0.5, 0.6) is 0 Å². The molecule has 0 amide bonds. The lowest BCUT2D eigenvalue weighted by molar-refractivity contribution is 0.0551. The van der Waals surface area contributed by atoms with Gasteiger partial charge in [-0.25, -0.2) is 0 Å². The van der Waals surface area contributed by atoms with Crippen molar-refractivity contribution in [2.24, 2.45) is 0 Å². The number of rotatable bonds is 5. The number of nitrogens with one attached hydrogen (secondary N) is 1. The molecule has 19 heavy (non-hydrogen) atoms. The summed E-state index contributed by atoms with van der Waals surface area (Å²) >= 11 is 6.11. The smallest absolute Gasteiger partial charge is 0.331 e. The standard InChI is InChI=1S/C9H8ClF2N3O2S.ClH/c1-16-13-4-5-2-3-6(18-5)7-14-8(17-15-7)9(10,11)12;/h2-3,13H,4H2,1H3;1H. The van der Waals surface area contributed by atoms with Crippen LogP contribution in [0.4, 0.5) is 8.78 Å². The van der Waals surface area contributed by atoms with Crippen molar-refractivity contribution in [2.75, 3.05) is 7.11 Å². The summed E-state index contributed by atoms with van der Waals surface area (Å²) in [6.07, 6.45) is 0. The topological polar surface area (TPSA) is 60.2 Å². The van der Waals surface area contributed by atoms with Crippen molar-refractivity contribution in [1.82, 2.24) is 15.6 Å². The number of hydroxylamine groups is 1. The van der Waals surface area contributed by atoms with Crippen LogP contribution in [0.1, 0.15) is 10.8 Å². The molecule has 2 aromatic heterocycles. The Morgan fingerprint density at radius 3 is 2.84 bits per heavy atom. The van der Waals surface area contributed by atoms with E-state index in [-0.39, 0.29) is 18.2 Å². The van der Waals surface area contributed by atoms with E-state index in [0.717, 1.165) is 4.88 Å². The highest BCUT2D eigenvalue weighted by Crippen LogP contribution is 2.33. The molecular weight excluding hydrogens is 323 g/mol. The molecule has 0 fully saturated rings. The maximum absolute atomic E-state index is 12.7. The first-order chi connectivity index (χ1) is 8.50. The Morgan fingerprint density at radius 1 is 1.53 bits per heavy atom. The van der Waals surface area contributed by atoms with Crippen molar-refractivity contribution in [3.8, 4) is 10.7 Å². The van der Waals surface area contributed by atoms with Crippen LogP contribution in [0.2, 0.25) is 0 Å². The van der Waals surface area contributed by atoms with Gasteiger partial charge in [0.2, 0.25) is 5.82 Å². The van der Waals surface area contributed by atoms with Gasteiger partial charge in [0, 0.05) is 4.88 Å². The predicted molar refractivity (Wildman–Crippen MR) is 68.5 cm³/mol. The molecule has 2 aromatic rings. The zero-order valence-corrected chi connectivity index (χ0v) is 11.9. The van der Waals surface area contributed by atoms with E-state index in [9.17, 15) is 8.78 Å². The van der Waals surface area contributed by atoms with Gasteiger partial charge in [-0.3, -0.25) is 0 Å². The quantitative estimate of drug-likeness (QED) is 0.673. The molecule has 0 aliphatic carbocycles. The van der Waals surface area contributed by atoms with Crippen LogP contribution < -0.4 is 5.48 Å². The Labute approximate surface area is 122 Å². The zero-order chi connectivity index (χ0) is 13.2.